The monoisotopic (exact) mass is 354 g/mol. The molecule has 114 valence electrons. The maximum Gasteiger partial charge on any atom is 0.141 e. The summed E-state index contributed by atoms with van der Waals surface area (Å²) < 4.78 is 16.4. The van der Waals surface area contributed by atoms with E-state index in [1.54, 1.807) is 6.20 Å². The summed E-state index contributed by atoms with van der Waals surface area (Å²) in [6.07, 6.45) is 3.67. The summed E-state index contributed by atoms with van der Waals surface area (Å²) in [6.45, 7) is 7.69. The minimum absolute atomic E-state index is 0.0101. The molecule has 2 rings (SSSR count). The van der Waals surface area contributed by atoms with Crippen LogP contribution in [0.3, 0.4) is 0 Å². The van der Waals surface area contributed by atoms with Crippen molar-refractivity contribution in [1.29, 1.82) is 0 Å². The second-order valence-corrected chi connectivity index (χ2v) is 5.71. The van der Waals surface area contributed by atoms with Gasteiger partial charge in [0.05, 0.1) is 22.1 Å². The predicted octanol–water partition coefficient (Wildman–Crippen LogP) is 3.40. The smallest absolute Gasteiger partial charge is 0.141 e. The van der Waals surface area contributed by atoms with E-state index >= 15 is 0 Å². The minimum Gasteiger partial charge on any atom is -0.310 e. The van der Waals surface area contributed by atoms with Crippen molar-refractivity contribution in [2.45, 2.75) is 39.8 Å². The molecular weight excluding hydrogens is 335 g/mol. The van der Waals surface area contributed by atoms with Gasteiger partial charge in [0.25, 0.3) is 0 Å². The zero-order valence-electron chi connectivity index (χ0n) is 12.5. The highest BCUT2D eigenvalue weighted by Gasteiger charge is 2.19. The molecule has 0 aromatic carbocycles. The van der Waals surface area contributed by atoms with Crippen molar-refractivity contribution >= 4 is 15.9 Å². The van der Waals surface area contributed by atoms with E-state index < -0.39 is 0 Å². The summed E-state index contributed by atoms with van der Waals surface area (Å²) in [6, 6.07) is 1.55. The fraction of sp³-hybridized carbons (Fsp3) is 0.467. The molecule has 0 aliphatic heterocycles. The van der Waals surface area contributed by atoms with Crippen molar-refractivity contribution in [2.75, 3.05) is 6.54 Å². The standard InChI is InChI=1S/C15H20BrFN4/c1-4-19-13(11-6-12(17)9-18-8-11)7-14-15(16)10(3)20-21(14)5-2/h6,8-9,13,19H,4-5,7H2,1-3H3. The highest BCUT2D eigenvalue weighted by atomic mass is 79.9. The Morgan fingerprint density at radius 3 is 2.76 bits per heavy atom. The SMILES string of the molecule is CCNC(Cc1c(Br)c(C)nn1CC)c1cncc(F)c1. The molecule has 0 amide bonds. The highest BCUT2D eigenvalue weighted by molar-refractivity contribution is 9.10. The van der Waals surface area contributed by atoms with Crippen LogP contribution in [0, 0.1) is 12.7 Å². The second-order valence-electron chi connectivity index (χ2n) is 4.91. The summed E-state index contributed by atoms with van der Waals surface area (Å²) >= 11 is 3.61. The lowest BCUT2D eigenvalue weighted by molar-refractivity contribution is 0.509. The molecule has 2 heterocycles. The van der Waals surface area contributed by atoms with Gasteiger partial charge in [0, 0.05) is 25.2 Å². The molecule has 0 aliphatic carbocycles. The molecule has 2 aromatic heterocycles. The number of likely N-dealkylation sites (N-methyl/N-ethyl adjacent to an activating group) is 1. The fourth-order valence-corrected chi connectivity index (χ4v) is 2.88. The average molecular weight is 355 g/mol. The Kier molecular flexibility index (Phi) is 5.47. The Bertz CT molecular complexity index is 612. The molecule has 4 nitrogen and oxygen atoms in total. The minimum atomic E-state index is -0.311. The lowest BCUT2D eigenvalue weighted by Gasteiger charge is -2.19. The number of aromatic nitrogens is 3. The molecular formula is C15H20BrFN4. The van der Waals surface area contributed by atoms with E-state index in [1.165, 1.54) is 12.3 Å². The molecule has 1 N–H and O–H groups in total. The normalized spacial score (nSPS) is 12.6. The molecule has 0 saturated carbocycles. The number of pyridine rings is 1. The van der Waals surface area contributed by atoms with E-state index in [0.29, 0.717) is 0 Å². The first-order valence-electron chi connectivity index (χ1n) is 7.12. The van der Waals surface area contributed by atoms with Gasteiger partial charge in [-0.15, -0.1) is 0 Å². The summed E-state index contributed by atoms with van der Waals surface area (Å²) in [5.74, 6) is -0.311. The van der Waals surface area contributed by atoms with Crippen molar-refractivity contribution in [3.8, 4) is 0 Å². The first kappa shape index (κ1) is 16.1. The Morgan fingerprint density at radius 1 is 1.38 bits per heavy atom. The van der Waals surface area contributed by atoms with E-state index in [1.807, 2.05) is 18.5 Å². The van der Waals surface area contributed by atoms with Crippen LogP contribution >= 0.6 is 15.9 Å². The molecule has 0 bridgehead atoms. The van der Waals surface area contributed by atoms with Gasteiger partial charge in [-0.3, -0.25) is 9.67 Å². The van der Waals surface area contributed by atoms with Gasteiger partial charge in [-0.25, -0.2) is 4.39 Å². The van der Waals surface area contributed by atoms with Crippen molar-refractivity contribution in [2.24, 2.45) is 0 Å². The molecule has 0 radical (unpaired) electrons. The Balaban J connectivity index is 2.32. The maximum atomic E-state index is 13.4. The van der Waals surface area contributed by atoms with Gasteiger partial charge < -0.3 is 5.32 Å². The lowest BCUT2D eigenvalue weighted by atomic mass is 10.0. The molecule has 0 aliphatic rings. The number of halogens is 2. The molecule has 2 aromatic rings. The van der Waals surface area contributed by atoms with Crippen molar-refractivity contribution in [3.05, 3.63) is 45.7 Å². The zero-order valence-corrected chi connectivity index (χ0v) is 14.1. The van der Waals surface area contributed by atoms with Crippen LogP contribution < -0.4 is 5.32 Å². The van der Waals surface area contributed by atoms with E-state index in [9.17, 15) is 4.39 Å². The molecule has 1 atom stereocenters. The fourth-order valence-electron chi connectivity index (χ4n) is 2.43. The molecule has 6 heteroatoms. The zero-order chi connectivity index (χ0) is 15.4. The van der Waals surface area contributed by atoms with Crippen LogP contribution in [-0.2, 0) is 13.0 Å². The molecule has 0 saturated heterocycles. The van der Waals surface area contributed by atoms with Crippen LogP contribution in [0.1, 0.15) is 36.8 Å². The average Bonchev–Trinajstić information content (AvgIpc) is 2.74. The molecule has 1 unspecified atom stereocenters. The van der Waals surface area contributed by atoms with Gasteiger partial charge in [-0.2, -0.15) is 5.10 Å². The predicted molar refractivity (Wildman–Crippen MR) is 84.7 cm³/mol. The van der Waals surface area contributed by atoms with E-state index in [2.05, 4.69) is 38.3 Å². The Labute approximate surface area is 132 Å². The van der Waals surface area contributed by atoms with Crippen molar-refractivity contribution < 1.29 is 4.39 Å². The maximum absolute atomic E-state index is 13.4. The molecule has 0 fully saturated rings. The third-order valence-electron chi connectivity index (χ3n) is 3.43. The third kappa shape index (κ3) is 3.68. The van der Waals surface area contributed by atoms with Crippen LogP contribution in [0.15, 0.2) is 22.9 Å². The Hall–Kier alpha value is -1.27. The van der Waals surface area contributed by atoms with Crippen LogP contribution in [-0.4, -0.2) is 21.3 Å². The number of nitrogens with zero attached hydrogens (tertiary/aromatic N) is 3. The molecule has 0 spiro atoms. The number of hydrogen-bond acceptors (Lipinski definition) is 3. The van der Waals surface area contributed by atoms with Crippen LogP contribution in [0.2, 0.25) is 0 Å². The Morgan fingerprint density at radius 2 is 2.14 bits per heavy atom. The third-order valence-corrected chi connectivity index (χ3v) is 4.46. The van der Waals surface area contributed by atoms with Crippen molar-refractivity contribution in [3.63, 3.8) is 0 Å². The largest absolute Gasteiger partial charge is 0.310 e. The van der Waals surface area contributed by atoms with Gasteiger partial charge in [-0.05, 0) is 48.0 Å². The summed E-state index contributed by atoms with van der Waals surface area (Å²) in [7, 11) is 0. The topological polar surface area (TPSA) is 42.7 Å². The van der Waals surface area contributed by atoms with Gasteiger partial charge in [0.2, 0.25) is 0 Å². The van der Waals surface area contributed by atoms with Crippen LogP contribution in [0.25, 0.3) is 0 Å². The second kappa shape index (κ2) is 7.13. The number of nitrogens with one attached hydrogen (secondary N) is 1. The summed E-state index contributed by atoms with van der Waals surface area (Å²) in [4.78, 5) is 3.95. The van der Waals surface area contributed by atoms with Gasteiger partial charge in [0.15, 0.2) is 0 Å². The van der Waals surface area contributed by atoms with Crippen molar-refractivity contribution in [1.82, 2.24) is 20.1 Å². The first-order chi connectivity index (χ1) is 10.1. The van der Waals surface area contributed by atoms with Crippen LogP contribution in [0.5, 0.6) is 0 Å². The van der Waals surface area contributed by atoms with Gasteiger partial charge >= 0.3 is 0 Å². The number of aryl methyl sites for hydroxylation is 2. The van der Waals surface area contributed by atoms with E-state index in [-0.39, 0.29) is 11.9 Å². The van der Waals surface area contributed by atoms with Crippen LogP contribution in [0.4, 0.5) is 4.39 Å². The first-order valence-corrected chi connectivity index (χ1v) is 7.91. The number of rotatable bonds is 6. The van der Waals surface area contributed by atoms with E-state index in [4.69, 9.17) is 0 Å². The highest BCUT2D eigenvalue weighted by Crippen LogP contribution is 2.26. The molecule has 21 heavy (non-hydrogen) atoms. The lowest BCUT2D eigenvalue weighted by Crippen LogP contribution is -2.24. The van der Waals surface area contributed by atoms with Gasteiger partial charge in [-0.1, -0.05) is 6.92 Å². The van der Waals surface area contributed by atoms with Gasteiger partial charge in [0.1, 0.15) is 5.82 Å². The summed E-state index contributed by atoms with van der Waals surface area (Å²) in [5, 5.41) is 7.90. The summed E-state index contributed by atoms with van der Waals surface area (Å²) in [5.41, 5.74) is 2.94. The van der Waals surface area contributed by atoms with E-state index in [0.717, 1.165) is 40.9 Å². The number of hydrogen-bond donors (Lipinski definition) is 1. The quantitative estimate of drug-likeness (QED) is 0.864.